The molecule has 21 heavy (non-hydrogen) atoms. The maximum Gasteiger partial charge on any atom is 0.264 e. The van der Waals surface area contributed by atoms with Gasteiger partial charge in [-0.1, -0.05) is 0 Å². The van der Waals surface area contributed by atoms with Crippen LogP contribution in [0.25, 0.3) is 10.1 Å². The summed E-state index contributed by atoms with van der Waals surface area (Å²) in [6.07, 6.45) is 1.69. The number of benzene rings is 1. The third-order valence-corrected chi connectivity index (χ3v) is 5.21. The fraction of sp³-hybridized carbons (Fsp3) is 0.143. The predicted octanol–water partition coefficient (Wildman–Crippen LogP) is 3.57. The molecular weight excluding hydrogens is 309 g/mol. The van der Waals surface area contributed by atoms with Gasteiger partial charge in [0.15, 0.2) is 0 Å². The minimum absolute atomic E-state index is 0.196. The van der Waals surface area contributed by atoms with Crippen molar-refractivity contribution in [3.05, 3.63) is 45.5 Å². The van der Waals surface area contributed by atoms with E-state index in [2.05, 4.69) is 10.3 Å². The number of nitrogens with two attached hydrogens (primary N) is 1. The standard InChI is InChI=1S/C14H12FN3OS2/c1-7(14-17-4-5-20-14)18-13(19)12-11(16)9-6-8(15)2-3-10(9)21-12/h2-7H,16H2,1H3,(H,18,19). The third kappa shape index (κ3) is 2.62. The van der Waals surface area contributed by atoms with Gasteiger partial charge in [0.05, 0.1) is 11.7 Å². The minimum Gasteiger partial charge on any atom is -0.397 e. The molecule has 0 aliphatic heterocycles. The van der Waals surface area contributed by atoms with Crippen LogP contribution in [-0.2, 0) is 0 Å². The Bertz CT molecular complexity index is 798. The van der Waals surface area contributed by atoms with Crippen LogP contribution in [0.2, 0.25) is 0 Å². The zero-order chi connectivity index (χ0) is 15.0. The summed E-state index contributed by atoms with van der Waals surface area (Å²) in [5.74, 6) is -0.632. The molecule has 1 atom stereocenters. The number of thiazole rings is 1. The highest BCUT2D eigenvalue weighted by Crippen LogP contribution is 2.34. The van der Waals surface area contributed by atoms with Crippen LogP contribution in [0.15, 0.2) is 29.8 Å². The second-order valence-corrected chi connectivity index (χ2v) is 6.53. The van der Waals surface area contributed by atoms with Crippen molar-refractivity contribution in [3.8, 4) is 0 Å². The first-order valence-corrected chi connectivity index (χ1v) is 7.93. The van der Waals surface area contributed by atoms with E-state index in [1.807, 2.05) is 12.3 Å². The number of rotatable bonds is 3. The molecule has 1 aromatic carbocycles. The van der Waals surface area contributed by atoms with Crippen molar-refractivity contribution in [2.75, 3.05) is 5.73 Å². The second-order valence-electron chi connectivity index (χ2n) is 4.55. The second kappa shape index (κ2) is 5.42. The third-order valence-electron chi connectivity index (χ3n) is 3.06. The summed E-state index contributed by atoms with van der Waals surface area (Å²) in [6.45, 7) is 1.86. The summed E-state index contributed by atoms with van der Waals surface area (Å²) in [6, 6.07) is 4.14. The highest BCUT2D eigenvalue weighted by molar-refractivity contribution is 7.21. The SMILES string of the molecule is CC(NC(=O)c1sc2ccc(F)cc2c1N)c1nccs1. The molecule has 0 aliphatic rings. The van der Waals surface area contributed by atoms with Gasteiger partial charge in [-0.15, -0.1) is 22.7 Å². The molecule has 3 rings (SSSR count). The Kier molecular flexibility index (Phi) is 3.60. The summed E-state index contributed by atoms with van der Waals surface area (Å²) in [5.41, 5.74) is 6.29. The van der Waals surface area contributed by atoms with Crippen molar-refractivity contribution in [1.82, 2.24) is 10.3 Å². The van der Waals surface area contributed by atoms with Crippen molar-refractivity contribution in [2.24, 2.45) is 0 Å². The lowest BCUT2D eigenvalue weighted by molar-refractivity contribution is 0.0945. The molecule has 2 aromatic heterocycles. The number of fused-ring (bicyclic) bond motifs is 1. The lowest BCUT2D eigenvalue weighted by atomic mass is 10.2. The largest absolute Gasteiger partial charge is 0.397 e. The Labute approximate surface area is 128 Å². The van der Waals surface area contributed by atoms with Gasteiger partial charge in [-0.05, 0) is 25.1 Å². The number of nitrogen functional groups attached to an aromatic ring is 1. The fourth-order valence-corrected chi connectivity index (χ4v) is 3.68. The van der Waals surface area contributed by atoms with Gasteiger partial charge in [0, 0.05) is 21.7 Å². The summed E-state index contributed by atoms with van der Waals surface area (Å²) < 4.78 is 14.1. The number of aromatic nitrogens is 1. The quantitative estimate of drug-likeness (QED) is 0.775. The van der Waals surface area contributed by atoms with Gasteiger partial charge in [-0.25, -0.2) is 9.37 Å². The number of halogens is 1. The van der Waals surface area contributed by atoms with Crippen LogP contribution in [0.3, 0.4) is 0 Å². The first-order chi connectivity index (χ1) is 10.1. The van der Waals surface area contributed by atoms with E-state index in [-0.39, 0.29) is 17.8 Å². The van der Waals surface area contributed by atoms with Crippen LogP contribution >= 0.6 is 22.7 Å². The number of carbonyl (C=O) groups excluding carboxylic acids is 1. The van der Waals surface area contributed by atoms with Gasteiger partial charge in [0.2, 0.25) is 0 Å². The van der Waals surface area contributed by atoms with Gasteiger partial charge >= 0.3 is 0 Å². The molecule has 0 radical (unpaired) electrons. The van der Waals surface area contributed by atoms with E-state index < -0.39 is 0 Å². The molecule has 0 saturated carbocycles. The first kappa shape index (κ1) is 14.0. The van der Waals surface area contributed by atoms with Gasteiger partial charge < -0.3 is 11.1 Å². The lowest BCUT2D eigenvalue weighted by Gasteiger charge is -2.10. The topological polar surface area (TPSA) is 68.0 Å². The monoisotopic (exact) mass is 321 g/mol. The van der Waals surface area contributed by atoms with Crippen molar-refractivity contribution < 1.29 is 9.18 Å². The number of hydrogen-bond donors (Lipinski definition) is 2. The molecule has 0 bridgehead atoms. The number of hydrogen-bond acceptors (Lipinski definition) is 5. The maximum absolute atomic E-state index is 13.3. The molecule has 3 aromatic rings. The molecule has 0 aliphatic carbocycles. The van der Waals surface area contributed by atoms with Gasteiger partial charge in [0.1, 0.15) is 15.7 Å². The summed E-state index contributed by atoms with van der Waals surface area (Å²) in [7, 11) is 0. The number of carbonyl (C=O) groups is 1. The van der Waals surface area contributed by atoms with E-state index in [1.165, 1.54) is 34.8 Å². The maximum atomic E-state index is 13.3. The van der Waals surface area contributed by atoms with E-state index in [0.717, 1.165) is 9.71 Å². The summed E-state index contributed by atoms with van der Waals surface area (Å²) in [4.78, 5) is 16.9. The normalized spacial score (nSPS) is 12.5. The van der Waals surface area contributed by atoms with Crippen LogP contribution in [-0.4, -0.2) is 10.9 Å². The highest BCUT2D eigenvalue weighted by atomic mass is 32.1. The van der Waals surface area contributed by atoms with Gasteiger partial charge in [-0.3, -0.25) is 4.79 Å². The molecule has 0 fully saturated rings. The number of anilines is 1. The van der Waals surface area contributed by atoms with Gasteiger partial charge in [-0.2, -0.15) is 0 Å². The lowest BCUT2D eigenvalue weighted by Crippen LogP contribution is -2.26. The number of nitrogens with one attached hydrogen (secondary N) is 1. The predicted molar refractivity (Wildman–Crippen MR) is 84.2 cm³/mol. The van der Waals surface area contributed by atoms with Crippen molar-refractivity contribution in [3.63, 3.8) is 0 Å². The van der Waals surface area contributed by atoms with Crippen molar-refractivity contribution >= 4 is 44.4 Å². The molecule has 3 N–H and O–H groups in total. The molecule has 1 unspecified atom stereocenters. The van der Waals surface area contributed by atoms with Gasteiger partial charge in [0.25, 0.3) is 5.91 Å². The van der Waals surface area contributed by atoms with E-state index in [4.69, 9.17) is 5.73 Å². The first-order valence-electron chi connectivity index (χ1n) is 6.24. The molecule has 0 spiro atoms. The number of nitrogens with zero attached hydrogens (tertiary/aromatic N) is 1. The molecule has 2 heterocycles. The smallest absolute Gasteiger partial charge is 0.264 e. The zero-order valence-corrected chi connectivity index (χ0v) is 12.7. The molecule has 7 heteroatoms. The average molecular weight is 321 g/mol. The Morgan fingerprint density at radius 2 is 2.29 bits per heavy atom. The molecular formula is C14H12FN3OS2. The van der Waals surface area contributed by atoms with E-state index in [1.54, 1.807) is 12.3 Å². The zero-order valence-electron chi connectivity index (χ0n) is 11.1. The Hall–Kier alpha value is -1.99. The molecule has 108 valence electrons. The van der Waals surface area contributed by atoms with Crippen LogP contribution in [0.1, 0.15) is 27.6 Å². The van der Waals surface area contributed by atoms with Crippen LogP contribution in [0, 0.1) is 5.82 Å². The minimum atomic E-state index is -0.366. The van der Waals surface area contributed by atoms with Crippen LogP contribution in [0.5, 0.6) is 0 Å². The number of amides is 1. The molecule has 4 nitrogen and oxygen atoms in total. The van der Waals surface area contributed by atoms with Crippen molar-refractivity contribution in [1.29, 1.82) is 0 Å². The molecule has 1 amide bonds. The van der Waals surface area contributed by atoms with E-state index in [0.29, 0.717) is 16.0 Å². The van der Waals surface area contributed by atoms with Crippen molar-refractivity contribution in [2.45, 2.75) is 13.0 Å². The Morgan fingerprint density at radius 3 is 3.00 bits per heavy atom. The average Bonchev–Trinajstić information content (AvgIpc) is 3.08. The Morgan fingerprint density at radius 1 is 1.48 bits per heavy atom. The van der Waals surface area contributed by atoms with E-state index in [9.17, 15) is 9.18 Å². The fourth-order valence-electron chi connectivity index (χ4n) is 2.03. The summed E-state index contributed by atoms with van der Waals surface area (Å²) in [5, 5.41) is 6.12. The summed E-state index contributed by atoms with van der Waals surface area (Å²) >= 11 is 2.74. The molecule has 0 saturated heterocycles. The Balaban J connectivity index is 1.89. The van der Waals surface area contributed by atoms with Crippen LogP contribution < -0.4 is 11.1 Å². The van der Waals surface area contributed by atoms with Crippen LogP contribution in [0.4, 0.5) is 10.1 Å². The number of thiophene rings is 1. The van der Waals surface area contributed by atoms with E-state index >= 15 is 0 Å². The highest BCUT2D eigenvalue weighted by Gasteiger charge is 2.19.